The Morgan fingerprint density at radius 1 is 1.10 bits per heavy atom. The zero-order valence-corrected chi connectivity index (χ0v) is 13.6. The van der Waals surface area contributed by atoms with Crippen molar-refractivity contribution < 1.29 is 8.42 Å². The molecule has 4 nitrogen and oxygen atoms in total. The van der Waals surface area contributed by atoms with Crippen molar-refractivity contribution in [3.63, 3.8) is 0 Å². The molecule has 0 unspecified atom stereocenters. The summed E-state index contributed by atoms with van der Waals surface area (Å²) in [5.41, 5.74) is 0.651. The molecule has 114 valence electrons. The van der Waals surface area contributed by atoms with Gasteiger partial charge >= 0.3 is 0 Å². The second-order valence-electron chi connectivity index (χ2n) is 4.65. The molecule has 1 aromatic carbocycles. The van der Waals surface area contributed by atoms with E-state index in [-0.39, 0.29) is 0 Å². The van der Waals surface area contributed by atoms with Gasteiger partial charge in [0.05, 0.1) is 5.69 Å². The quantitative estimate of drug-likeness (QED) is 0.784. The maximum absolute atomic E-state index is 12.3. The highest BCUT2D eigenvalue weighted by Crippen LogP contribution is 2.20. The average molecular weight is 324 g/mol. The Morgan fingerprint density at radius 3 is 2.62 bits per heavy atom. The number of hydrogen-bond acceptors (Lipinski definition) is 4. The molecule has 0 spiro atoms. The van der Waals surface area contributed by atoms with Crippen LogP contribution in [0.1, 0.15) is 18.2 Å². The molecule has 0 radical (unpaired) electrons. The fraction of sp³-hybridized carbons (Fsp3) is 0.333. The highest BCUT2D eigenvalue weighted by Gasteiger charge is 2.16. The van der Waals surface area contributed by atoms with Crippen LogP contribution >= 0.6 is 11.3 Å². The largest absolute Gasteiger partial charge is 0.384 e. The van der Waals surface area contributed by atoms with Gasteiger partial charge in [-0.2, -0.15) is 0 Å². The molecule has 2 rings (SSSR count). The van der Waals surface area contributed by atoms with E-state index in [9.17, 15) is 8.42 Å². The molecule has 0 fully saturated rings. The molecule has 1 heterocycles. The molecular weight excluding hydrogens is 304 g/mol. The van der Waals surface area contributed by atoms with Crippen LogP contribution in [0.5, 0.6) is 0 Å². The van der Waals surface area contributed by atoms with Gasteiger partial charge < -0.3 is 5.32 Å². The van der Waals surface area contributed by atoms with Gasteiger partial charge in [0.2, 0.25) is 10.0 Å². The van der Waals surface area contributed by atoms with Crippen LogP contribution < -0.4 is 10.0 Å². The number of anilines is 1. The fourth-order valence-electron chi connectivity index (χ4n) is 1.94. The summed E-state index contributed by atoms with van der Waals surface area (Å²) in [4.78, 5) is 1.59. The monoisotopic (exact) mass is 324 g/mol. The summed E-state index contributed by atoms with van der Waals surface area (Å²) in [6.07, 6.45) is 1.65. The summed E-state index contributed by atoms with van der Waals surface area (Å²) in [6, 6.07) is 11.1. The summed E-state index contributed by atoms with van der Waals surface area (Å²) >= 11 is 1.71. The van der Waals surface area contributed by atoms with Gasteiger partial charge in [-0.05, 0) is 36.4 Å². The fourth-order valence-corrected chi connectivity index (χ4v) is 3.96. The summed E-state index contributed by atoms with van der Waals surface area (Å²) in [5, 5.41) is 5.27. The van der Waals surface area contributed by atoms with Crippen molar-refractivity contribution in [3.05, 3.63) is 46.7 Å². The summed E-state index contributed by atoms with van der Waals surface area (Å²) < 4.78 is 27.1. The van der Waals surface area contributed by atoms with Gasteiger partial charge in [-0.25, -0.2) is 13.1 Å². The lowest BCUT2D eigenvalue weighted by Gasteiger charge is -2.12. The molecule has 0 bridgehead atoms. The number of thiophene rings is 1. The highest BCUT2D eigenvalue weighted by atomic mass is 32.2. The van der Waals surface area contributed by atoms with Crippen LogP contribution in [0.2, 0.25) is 0 Å². The normalized spacial score (nSPS) is 11.5. The highest BCUT2D eigenvalue weighted by molar-refractivity contribution is 7.89. The zero-order chi connectivity index (χ0) is 15.1. The lowest BCUT2D eigenvalue weighted by atomic mass is 10.3. The van der Waals surface area contributed by atoms with Crippen molar-refractivity contribution in [1.29, 1.82) is 0 Å². The van der Waals surface area contributed by atoms with Crippen LogP contribution in [-0.2, 0) is 16.4 Å². The maximum atomic E-state index is 12.3. The lowest BCUT2D eigenvalue weighted by Crippen LogP contribution is -2.25. The molecule has 2 N–H and O–H groups in total. The molecule has 6 heteroatoms. The number of sulfonamides is 1. The van der Waals surface area contributed by atoms with Crippen molar-refractivity contribution in [1.82, 2.24) is 4.72 Å². The van der Waals surface area contributed by atoms with Gasteiger partial charge in [-0.15, -0.1) is 11.3 Å². The standard InChI is InChI=1S/C15H20N2O2S2/c1-2-10-17-21(18,19)15-8-4-3-7-14(15)16-11-9-13-6-5-12-20-13/h3-8,12,16-17H,2,9-11H2,1H3. The van der Waals surface area contributed by atoms with Crippen LogP contribution in [0, 0.1) is 0 Å². The molecular formula is C15H20N2O2S2. The van der Waals surface area contributed by atoms with Crippen molar-refractivity contribution in [3.8, 4) is 0 Å². The van der Waals surface area contributed by atoms with E-state index in [1.807, 2.05) is 24.4 Å². The SMILES string of the molecule is CCCNS(=O)(=O)c1ccccc1NCCc1cccs1. The van der Waals surface area contributed by atoms with Gasteiger partial charge in [0.1, 0.15) is 4.90 Å². The van der Waals surface area contributed by atoms with E-state index >= 15 is 0 Å². The van der Waals surface area contributed by atoms with Crippen LogP contribution in [0.4, 0.5) is 5.69 Å². The second kappa shape index (κ2) is 7.59. The Kier molecular flexibility index (Phi) is 5.78. The summed E-state index contributed by atoms with van der Waals surface area (Å²) in [7, 11) is -3.45. The minimum Gasteiger partial charge on any atom is -0.384 e. The van der Waals surface area contributed by atoms with Crippen molar-refractivity contribution in [2.75, 3.05) is 18.4 Å². The lowest BCUT2D eigenvalue weighted by molar-refractivity contribution is 0.581. The molecule has 1 aromatic heterocycles. The molecule has 0 aliphatic carbocycles. The second-order valence-corrected chi connectivity index (χ2v) is 7.42. The first kappa shape index (κ1) is 16.0. The Morgan fingerprint density at radius 2 is 1.90 bits per heavy atom. The van der Waals surface area contributed by atoms with E-state index in [2.05, 4.69) is 16.1 Å². The molecule has 21 heavy (non-hydrogen) atoms. The van der Waals surface area contributed by atoms with Crippen molar-refractivity contribution >= 4 is 27.0 Å². The average Bonchev–Trinajstić information content (AvgIpc) is 2.99. The summed E-state index contributed by atoms with van der Waals surface area (Å²) in [5.74, 6) is 0. The van der Waals surface area contributed by atoms with Gasteiger partial charge in [-0.3, -0.25) is 0 Å². The van der Waals surface area contributed by atoms with Crippen LogP contribution in [0.25, 0.3) is 0 Å². The van der Waals surface area contributed by atoms with Crippen LogP contribution in [0.15, 0.2) is 46.7 Å². The zero-order valence-electron chi connectivity index (χ0n) is 12.0. The first-order valence-corrected chi connectivity index (χ1v) is 9.34. The number of rotatable bonds is 8. The third kappa shape index (κ3) is 4.56. The minimum absolute atomic E-state index is 0.310. The number of nitrogens with one attached hydrogen (secondary N) is 2. The maximum Gasteiger partial charge on any atom is 0.242 e. The Bertz CT molecular complexity index is 652. The molecule has 0 saturated heterocycles. The summed E-state index contributed by atoms with van der Waals surface area (Å²) in [6.45, 7) is 3.10. The predicted molar refractivity (Wildman–Crippen MR) is 88.4 cm³/mol. The minimum atomic E-state index is -3.45. The van der Waals surface area contributed by atoms with Crippen molar-refractivity contribution in [2.45, 2.75) is 24.7 Å². The third-order valence-electron chi connectivity index (χ3n) is 2.99. The molecule has 0 amide bonds. The number of hydrogen-bond donors (Lipinski definition) is 2. The van der Waals surface area contributed by atoms with E-state index in [4.69, 9.17) is 0 Å². The van der Waals surface area contributed by atoms with Crippen LogP contribution in [0.3, 0.4) is 0 Å². The Balaban J connectivity index is 2.06. The Hall–Kier alpha value is -1.37. The van der Waals surface area contributed by atoms with Gasteiger partial charge in [-0.1, -0.05) is 25.1 Å². The topological polar surface area (TPSA) is 58.2 Å². The van der Waals surface area contributed by atoms with Crippen LogP contribution in [-0.4, -0.2) is 21.5 Å². The first-order chi connectivity index (χ1) is 10.1. The van der Waals surface area contributed by atoms with E-state index in [1.54, 1.807) is 29.5 Å². The Labute approximate surface area is 130 Å². The smallest absolute Gasteiger partial charge is 0.242 e. The predicted octanol–water partition coefficient (Wildman–Crippen LogP) is 3.09. The van der Waals surface area contributed by atoms with Gasteiger partial charge in [0, 0.05) is 18.0 Å². The first-order valence-electron chi connectivity index (χ1n) is 6.98. The molecule has 0 saturated carbocycles. The van der Waals surface area contributed by atoms with E-state index in [1.165, 1.54) is 4.88 Å². The van der Waals surface area contributed by atoms with Gasteiger partial charge in [0.15, 0.2) is 0 Å². The number of benzene rings is 1. The van der Waals surface area contributed by atoms with E-state index in [0.717, 1.165) is 12.8 Å². The third-order valence-corrected chi connectivity index (χ3v) is 5.44. The van der Waals surface area contributed by atoms with Gasteiger partial charge in [0.25, 0.3) is 0 Å². The van der Waals surface area contributed by atoms with E-state index in [0.29, 0.717) is 23.7 Å². The molecule has 0 aliphatic rings. The molecule has 0 aliphatic heterocycles. The van der Waals surface area contributed by atoms with E-state index < -0.39 is 10.0 Å². The molecule has 0 atom stereocenters. The van der Waals surface area contributed by atoms with Crippen molar-refractivity contribution in [2.24, 2.45) is 0 Å². The number of para-hydroxylation sites is 1. The molecule has 2 aromatic rings.